The number of anilines is 2. The smallest absolute Gasteiger partial charge is 0.338 e. The average Bonchev–Trinajstić information content (AvgIpc) is 3.00. The van der Waals surface area contributed by atoms with Gasteiger partial charge in [0.25, 0.3) is 0 Å². The number of nitrogens with two attached hydrogens (primary N) is 1. The number of hydrogen-bond donors (Lipinski definition) is 2. The maximum atomic E-state index is 11.7. The molecule has 3 N–H and O–H groups in total. The van der Waals surface area contributed by atoms with Gasteiger partial charge in [-0.3, -0.25) is 0 Å². The third-order valence-electron chi connectivity index (χ3n) is 3.05. The van der Waals surface area contributed by atoms with Crippen molar-refractivity contribution in [3.8, 4) is 0 Å². The summed E-state index contributed by atoms with van der Waals surface area (Å²) in [5.74, 6) is -0.359. The van der Waals surface area contributed by atoms with Crippen molar-refractivity contribution in [2.45, 2.75) is 26.3 Å². The molecule has 0 saturated carbocycles. The van der Waals surface area contributed by atoms with E-state index < -0.39 is 0 Å². The Morgan fingerprint density at radius 3 is 2.86 bits per heavy atom. The van der Waals surface area contributed by atoms with Crippen LogP contribution in [-0.4, -0.2) is 17.6 Å². The quantitative estimate of drug-likeness (QED) is 0.631. The number of benzene rings is 1. The molecule has 0 saturated heterocycles. The third-order valence-corrected chi connectivity index (χ3v) is 3.94. The van der Waals surface area contributed by atoms with Crippen molar-refractivity contribution < 1.29 is 9.53 Å². The van der Waals surface area contributed by atoms with Gasteiger partial charge in [-0.2, -0.15) is 0 Å². The van der Waals surface area contributed by atoms with Crippen molar-refractivity contribution in [1.82, 2.24) is 4.98 Å². The number of esters is 1. The van der Waals surface area contributed by atoms with Crippen LogP contribution < -0.4 is 11.1 Å². The molecule has 0 fully saturated rings. The molecule has 1 aromatic carbocycles. The molecule has 2 aromatic rings. The fourth-order valence-electron chi connectivity index (χ4n) is 1.97. The number of thiazole rings is 1. The lowest BCUT2D eigenvalue weighted by molar-refractivity contribution is 0.0526. The zero-order chi connectivity index (χ0) is 15.2. The normalized spacial score (nSPS) is 11.9. The third kappa shape index (κ3) is 3.72. The van der Waals surface area contributed by atoms with Crippen LogP contribution in [0, 0.1) is 0 Å². The number of carbonyl (C=O) groups is 1. The predicted octanol–water partition coefficient (Wildman–Crippen LogP) is 3.47. The van der Waals surface area contributed by atoms with Gasteiger partial charge >= 0.3 is 5.97 Å². The van der Waals surface area contributed by atoms with Gasteiger partial charge in [-0.25, -0.2) is 9.78 Å². The number of carbonyl (C=O) groups excluding carboxylic acids is 1. The minimum absolute atomic E-state index is 0.112. The zero-order valence-electron chi connectivity index (χ0n) is 12.1. The number of nitrogens with one attached hydrogen (secondary N) is 1. The Labute approximate surface area is 128 Å². The second kappa shape index (κ2) is 7.08. The van der Waals surface area contributed by atoms with Gasteiger partial charge in [0.2, 0.25) is 0 Å². The number of aromatic nitrogens is 1. The van der Waals surface area contributed by atoms with Crippen LogP contribution in [0.25, 0.3) is 0 Å². The fourth-order valence-corrected chi connectivity index (χ4v) is 2.74. The summed E-state index contributed by atoms with van der Waals surface area (Å²) in [7, 11) is 0. The minimum Gasteiger partial charge on any atom is -0.462 e. The molecular formula is C15H19N3O2S. The highest BCUT2D eigenvalue weighted by atomic mass is 32.1. The van der Waals surface area contributed by atoms with Crippen molar-refractivity contribution in [2.75, 3.05) is 17.7 Å². The standard InChI is InChI=1S/C15H19N3O2S/c1-3-12(14-17-7-8-21-14)18-13-6-5-10(9-11(13)16)15(19)20-4-2/h5-9,12,18H,3-4,16H2,1-2H3. The Bertz CT molecular complexity index is 599. The van der Waals surface area contributed by atoms with Gasteiger partial charge in [0.15, 0.2) is 0 Å². The van der Waals surface area contributed by atoms with E-state index in [0.717, 1.165) is 17.1 Å². The topological polar surface area (TPSA) is 77.2 Å². The molecule has 1 aromatic heterocycles. The Morgan fingerprint density at radius 2 is 2.29 bits per heavy atom. The van der Waals surface area contributed by atoms with Crippen molar-refractivity contribution in [1.29, 1.82) is 0 Å². The largest absolute Gasteiger partial charge is 0.462 e. The van der Waals surface area contributed by atoms with Crippen LogP contribution in [0.5, 0.6) is 0 Å². The molecule has 21 heavy (non-hydrogen) atoms. The molecule has 5 nitrogen and oxygen atoms in total. The van der Waals surface area contributed by atoms with Gasteiger partial charge in [-0.15, -0.1) is 11.3 Å². The molecule has 0 amide bonds. The Hall–Kier alpha value is -2.08. The SMILES string of the molecule is CCOC(=O)c1ccc(NC(CC)c2nccs2)c(N)c1. The molecule has 0 aliphatic heterocycles. The molecule has 0 spiro atoms. The van der Waals surface area contributed by atoms with Crippen LogP contribution >= 0.6 is 11.3 Å². The highest BCUT2D eigenvalue weighted by Gasteiger charge is 2.14. The summed E-state index contributed by atoms with van der Waals surface area (Å²) in [4.78, 5) is 16.0. The molecule has 0 bridgehead atoms. The molecule has 1 unspecified atom stereocenters. The van der Waals surface area contributed by atoms with E-state index in [-0.39, 0.29) is 12.0 Å². The summed E-state index contributed by atoms with van der Waals surface area (Å²) in [5.41, 5.74) is 7.80. The first kappa shape index (κ1) is 15.3. The molecule has 0 aliphatic rings. The molecule has 6 heteroatoms. The summed E-state index contributed by atoms with van der Waals surface area (Å²) >= 11 is 1.61. The van der Waals surface area contributed by atoms with Gasteiger partial charge in [-0.1, -0.05) is 6.92 Å². The fraction of sp³-hybridized carbons (Fsp3) is 0.333. The van der Waals surface area contributed by atoms with Crippen LogP contribution in [0.15, 0.2) is 29.8 Å². The average molecular weight is 305 g/mol. The lowest BCUT2D eigenvalue weighted by atomic mass is 10.1. The van der Waals surface area contributed by atoms with E-state index >= 15 is 0 Å². The van der Waals surface area contributed by atoms with Gasteiger partial charge in [-0.05, 0) is 31.5 Å². The van der Waals surface area contributed by atoms with Crippen molar-refractivity contribution in [3.63, 3.8) is 0 Å². The van der Waals surface area contributed by atoms with Gasteiger partial charge in [0.1, 0.15) is 5.01 Å². The summed E-state index contributed by atoms with van der Waals surface area (Å²) < 4.78 is 4.96. The summed E-state index contributed by atoms with van der Waals surface area (Å²) in [6.45, 7) is 4.21. The lowest BCUT2D eigenvalue weighted by Gasteiger charge is -2.17. The van der Waals surface area contributed by atoms with Crippen LogP contribution in [0.4, 0.5) is 11.4 Å². The van der Waals surface area contributed by atoms with E-state index in [0.29, 0.717) is 17.9 Å². The number of rotatable bonds is 6. The van der Waals surface area contributed by atoms with E-state index in [1.54, 1.807) is 42.7 Å². The lowest BCUT2D eigenvalue weighted by Crippen LogP contribution is -2.12. The van der Waals surface area contributed by atoms with Crippen LogP contribution in [0.2, 0.25) is 0 Å². The number of nitrogen functional groups attached to an aromatic ring is 1. The monoisotopic (exact) mass is 305 g/mol. The maximum absolute atomic E-state index is 11.7. The summed E-state index contributed by atoms with van der Waals surface area (Å²) in [6.07, 6.45) is 2.68. The van der Waals surface area contributed by atoms with E-state index in [1.807, 2.05) is 5.38 Å². The van der Waals surface area contributed by atoms with Gasteiger partial charge in [0, 0.05) is 11.6 Å². The molecule has 1 heterocycles. The molecule has 1 atom stereocenters. The van der Waals surface area contributed by atoms with E-state index in [9.17, 15) is 4.79 Å². The van der Waals surface area contributed by atoms with Crippen molar-refractivity contribution >= 4 is 28.7 Å². The molecule has 2 rings (SSSR count). The second-order valence-electron chi connectivity index (χ2n) is 4.50. The van der Waals surface area contributed by atoms with E-state index in [4.69, 9.17) is 10.5 Å². The van der Waals surface area contributed by atoms with Crippen LogP contribution in [0.3, 0.4) is 0 Å². The Balaban J connectivity index is 2.15. The highest BCUT2D eigenvalue weighted by Crippen LogP contribution is 2.28. The number of hydrogen-bond acceptors (Lipinski definition) is 6. The minimum atomic E-state index is -0.359. The first-order valence-corrected chi connectivity index (χ1v) is 7.76. The molecule has 0 aliphatic carbocycles. The first-order chi connectivity index (χ1) is 10.2. The highest BCUT2D eigenvalue weighted by molar-refractivity contribution is 7.09. The summed E-state index contributed by atoms with van der Waals surface area (Å²) in [6, 6.07) is 5.26. The maximum Gasteiger partial charge on any atom is 0.338 e. The molecular weight excluding hydrogens is 286 g/mol. The van der Waals surface area contributed by atoms with Crippen LogP contribution in [-0.2, 0) is 4.74 Å². The Kier molecular flexibility index (Phi) is 5.16. The predicted molar refractivity (Wildman–Crippen MR) is 85.6 cm³/mol. The van der Waals surface area contributed by atoms with Crippen molar-refractivity contribution in [2.24, 2.45) is 0 Å². The second-order valence-corrected chi connectivity index (χ2v) is 5.42. The van der Waals surface area contributed by atoms with Crippen LogP contribution in [0.1, 0.15) is 41.7 Å². The van der Waals surface area contributed by atoms with Gasteiger partial charge in [0.05, 0.1) is 29.6 Å². The summed E-state index contributed by atoms with van der Waals surface area (Å²) in [5, 5.41) is 6.34. The van der Waals surface area contributed by atoms with E-state index in [2.05, 4.69) is 17.2 Å². The number of ether oxygens (including phenoxy) is 1. The number of nitrogens with zero attached hydrogens (tertiary/aromatic N) is 1. The first-order valence-electron chi connectivity index (χ1n) is 6.88. The Morgan fingerprint density at radius 1 is 1.48 bits per heavy atom. The zero-order valence-corrected chi connectivity index (χ0v) is 12.9. The van der Waals surface area contributed by atoms with Gasteiger partial charge < -0.3 is 15.8 Å². The van der Waals surface area contributed by atoms with Crippen molar-refractivity contribution in [3.05, 3.63) is 40.3 Å². The molecule has 112 valence electrons. The van der Waals surface area contributed by atoms with E-state index in [1.165, 1.54) is 0 Å². The molecule has 0 radical (unpaired) electrons.